The van der Waals surface area contributed by atoms with Gasteiger partial charge in [0.05, 0.1) is 13.0 Å². The Morgan fingerprint density at radius 1 is 1.23 bits per heavy atom. The van der Waals surface area contributed by atoms with Gasteiger partial charge >= 0.3 is 8.25 Å². The lowest BCUT2D eigenvalue weighted by Gasteiger charge is -2.11. The molecule has 0 aliphatic rings. The molecule has 6 nitrogen and oxygen atoms in total. The first-order valence-corrected chi connectivity index (χ1v) is 11.4. The molecular formula is C17H24O6P3+. The predicted molar refractivity (Wildman–Crippen MR) is 109 cm³/mol. The van der Waals surface area contributed by atoms with Crippen molar-refractivity contribution in [3.63, 3.8) is 0 Å². The number of phenolic OH excluding ortho intramolecular Hbond substituents is 1. The summed E-state index contributed by atoms with van der Waals surface area (Å²) in [7, 11) is 0.0814. The Labute approximate surface area is 158 Å². The molecule has 0 radical (unpaired) electrons. The molecular weight excluding hydrogens is 393 g/mol. The molecule has 3 unspecified atom stereocenters. The minimum Gasteiger partial charge on any atom is -0.504 e. The Hall–Kier alpha value is -1.02. The standard InChI is InChI=1S/C17H23O6P3/c1-2-3-6-9-20-16-10-15(18)17(14-8-5-4-7-13(14)16)23-26(19)22-12-25-21-11-24/h4-5,7-8,10,25H,2-3,6,9,11-12,24H2,1H3/p+1. The molecule has 9 heteroatoms. The number of fused-ring (bicyclic) bond motifs is 1. The zero-order valence-electron chi connectivity index (χ0n) is 14.6. The molecule has 0 saturated carbocycles. The van der Waals surface area contributed by atoms with Gasteiger partial charge in [-0.3, -0.25) is 0 Å². The predicted octanol–water partition coefficient (Wildman–Crippen LogP) is 5.57. The third kappa shape index (κ3) is 6.30. The number of phenols is 1. The van der Waals surface area contributed by atoms with Crippen LogP contribution >= 0.6 is 26.3 Å². The minimum atomic E-state index is -2.42. The number of hydrogen-bond acceptors (Lipinski definition) is 6. The van der Waals surface area contributed by atoms with E-state index in [1.807, 2.05) is 18.2 Å². The zero-order valence-corrected chi connectivity index (χ0v) is 17.7. The summed E-state index contributed by atoms with van der Waals surface area (Å²) in [6.45, 7) is 2.70. The van der Waals surface area contributed by atoms with Crippen molar-refractivity contribution in [2.45, 2.75) is 26.2 Å². The molecule has 2 aromatic carbocycles. The maximum atomic E-state index is 12.0. The van der Waals surface area contributed by atoms with Crippen LogP contribution in [0.5, 0.6) is 17.2 Å². The Kier molecular flexibility index (Phi) is 9.53. The molecule has 0 bridgehead atoms. The highest BCUT2D eigenvalue weighted by molar-refractivity contribution is 7.36. The normalized spacial score (nSPS) is 12.0. The van der Waals surface area contributed by atoms with Gasteiger partial charge in [0.2, 0.25) is 5.75 Å². The van der Waals surface area contributed by atoms with Crippen LogP contribution in [0.1, 0.15) is 26.2 Å². The lowest BCUT2D eigenvalue weighted by molar-refractivity contribution is 0.305. The fraction of sp³-hybridized carbons (Fsp3) is 0.412. The fourth-order valence-corrected chi connectivity index (χ4v) is 3.91. The van der Waals surface area contributed by atoms with Crippen LogP contribution in [0.25, 0.3) is 10.8 Å². The quantitative estimate of drug-likeness (QED) is 0.360. The highest BCUT2D eigenvalue weighted by Gasteiger charge is 2.27. The van der Waals surface area contributed by atoms with E-state index in [0.717, 1.165) is 24.6 Å². The average Bonchev–Trinajstić information content (AvgIpc) is 2.65. The molecule has 26 heavy (non-hydrogen) atoms. The first kappa shape index (κ1) is 21.3. The lowest BCUT2D eigenvalue weighted by atomic mass is 10.1. The monoisotopic (exact) mass is 417 g/mol. The summed E-state index contributed by atoms with van der Waals surface area (Å²) in [4.78, 5) is 0. The van der Waals surface area contributed by atoms with Crippen LogP contribution in [0.4, 0.5) is 0 Å². The highest BCUT2D eigenvalue weighted by Crippen LogP contribution is 2.45. The molecule has 3 atom stereocenters. The van der Waals surface area contributed by atoms with Gasteiger partial charge in [0.15, 0.2) is 5.75 Å². The van der Waals surface area contributed by atoms with E-state index in [-0.39, 0.29) is 26.7 Å². The van der Waals surface area contributed by atoms with Gasteiger partial charge in [0, 0.05) is 30.2 Å². The number of aromatic hydroxyl groups is 1. The van der Waals surface area contributed by atoms with Crippen LogP contribution in [0.2, 0.25) is 0 Å². The average molecular weight is 417 g/mol. The molecule has 0 saturated heterocycles. The van der Waals surface area contributed by atoms with E-state index < -0.39 is 8.25 Å². The molecule has 0 fully saturated rings. The second-order valence-electron chi connectivity index (χ2n) is 5.37. The Morgan fingerprint density at radius 2 is 2.00 bits per heavy atom. The van der Waals surface area contributed by atoms with Gasteiger partial charge < -0.3 is 14.4 Å². The van der Waals surface area contributed by atoms with E-state index in [4.69, 9.17) is 18.3 Å². The third-order valence-electron chi connectivity index (χ3n) is 3.52. The zero-order chi connectivity index (χ0) is 18.8. The summed E-state index contributed by atoms with van der Waals surface area (Å²) < 4.78 is 33.4. The summed E-state index contributed by atoms with van der Waals surface area (Å²) in [5.41, 5.74) is 0. The van der Waals surface area contributed by atoms with Crippen LogP contribution in [-0.4, -0.2) is 24.4 Å². The van der Waals surface area contributed by atoms with Gasteiger partial charge in [-0.15, -0.1) is 13.8 Å². The Balaban J connectivity index is 2.14. The first-order valence-electron chi connectivity index (χ1n) is 8.37. The van der Waals surface area contributed by atoms with E-state index in [0.29, 0.717) is 24.1 Å². The van der Waals surface area contributed by atoms with Crippen LogP contribution in [0, 0.1) is 0 Å². The van der Waals surface area contributed by atoms with Crippen molar-refractivity contribution >= 4 is 37.1 Å². The van der Waals surface area contributed by atoms with Crippen molar-refractivity contribution in [3.05, 3.63) is 30.3 Å². The smallest absolute Gasteiger partial charge is 0.504 e. The van der Waals surface area contributed by atoms with Crippen molar-refractivity contribution < 1.29 is 28.0 Å². The van der Waals surface area contributed by atoms with Crippen LogP contribution in [0.3, 0.4) is 0 Å². The molecule has 0 spiro atoms. The van der Waals surface area contributed by atoms with Crippen LogP contribution in [0.15, 0.2) is 30.3 Å². The molecule has 2 aromatic rings. The second kappa shape index (κ2) is 11.6. The van der Waals surface area contributed by atoms with E-state index >= 15 is 0 Å². The topological polar surface area (TPSA) is 74.2 Å². The summed E-state index contributed by atoms with van der Waals surface area (Å²) >= 11 is 0. The highest BCUT2D eigenvalue weighted by atomic mass is 31.1. The molecule has 142 valence electrons. The summed E-state index contributed by atoms with van der Waals surface area (Å²) in [6, 6.07) is 8.84. The SMILES string of the molecule is CCCCCOc1cc(O)c(O[P+](=O)OCPOCP)c2ccccc12. The number of ether oxygens (including phenoxy) is 1. The van der Waals surface area contributed by atoms with E-state index in [2.05, 4.69) is 16.2 Å². The minimum absolute atomic E-state index is 0.0723. The lowest BCUT2D eigenvalue weighted by Crippen LogP contribution is -1.98. The van der Waals surface area contributed by atoms with Gasteiger partial charge in [-0.05, 0) is 6.42 Å². The second-order valence-corrected chi connectivity index (χ2v) is 7.46. The van der Waals surface area contributed by atoms with Crippen molar-refractivity contribution in [2.75, 3.05) is 19.3 Å². The van der Waals surface area contributed by atoms with E-state index in [9.17, 15) is 9.67 Å². The third-order valence-corrected chi connectivity index (χ3v) is 5.57. The van der Waals surface area contributed by atoms with Crippen molar-refractivity contribution in [2.24, 2.45) is 0 Å². The maximum Gasteiger partial charge on any atom is 0.750 e. The summed E-state index contributed by atoms with van der Waals surface area (Å²) in [5.74, 6) is 0.566. The van der Waals surface area contributed by atoms with E-state index in [1.165, 1.54) is 6.07 Å². The van der Waals surface area contributed by atoms with Crippen LogP contribution in [-0.2, 0) is 13.6 Å². The van der Waals surface area contributed by atoms with Gasteiger partial charge in [-0.25, -0.2) is 4.52 Å². The first-order chi connectivity index (χ1) is 12.7. The molecule has 0 aliphatic heterocycles. The molecule has 0 heterocycles. The number of benzene rings is 2. The van der Waals surface area contributed by atoms with Crippen LogP contribution < -0.4 is 9.26 Å². The fourth-order valence-electron chi connectivity index (χ4n) is 2.33. The van der Waals surface area contributed by atoms with Crippen molar-refractivity contribution in [3.8, 4) is 17.2 Å². The van der Waals surface area contributed by atoms with Gasteiger partial charge in [-0.2, -0.15) is 0 Å². The largest absolute Gasteiger partial charge is 0.750 e. The van der Waals surface area contributed by atoms with Crippen molar-refractivity contribution in [1.82, 2.24) is 0 Å². The van der Waals surface area contributed by atoms with Gasteiger partial charge in [0.25, 0.3) is 0 Å². The molecule has 1 N–H and O–H groups in total. The Morgan fingerprint density at radius 3 is 2.73 bits per heavy atom. The molecule has 2 rings (SSSR count). The molecule has 0 aromatic heterocycles. The number of hydrogen-bond donors (Lipinski definition) is 1. The Bertz CT molecular complexity index is 725. The van der Waals surface area contributed by atoms with E-state index in [1.54, 1.807) is 6.07 Å². The van der Waals surface area contributed by atoms with Gasteiger partial charge in [-0.1, -0.05) is 44.0 Å². The number of rotatable bonds is 12. The van der Waals surface area contributed by atoms with Gasteiger partial charge in [0.1, 0.15) is 12.1 Å². The molecule has 0 amide bonds. The summed E-state index contributed by atoms with van der Waals surface area (Å²) in [5, 5.41) is 11.7. The maximum absolute atomic E-state index is 12.0. The number of unbranched alkanes of at least 4 members (excludes halogenated alkanes) is 2. The molecule has 0 aliphatic carbocycles. The van der Waals surface area contributed by atoms with Crippen molar-refractivity contribution in [1.29, 1.82) is 0 Å². The summed E-state index contributed by atoms with van der Waals surface area (Å²) in [6.07, 6.45) is 3.80.